The van der Waals surface area contributed by atoms with Crippen LogP contribution < -0.4 is 5.32 Å². The molecule has 86 valence electrons. The van der Waals surface area contributed by atoms with Crippen molar-refractivity contribution in [2.24, 2.45) is 7.05 Å². The number of thiazole rings is 1. The van der Waals surface area contributed by atoms with Crippen molar-refractivity contribution in [2.45, 2.75) is 19.4 Å². The van der Waals surface area contributed by atoms with Crippen LogP contribution in [0.2, 0.25) is 0 Å². The van der Waals surface area contributed by atoms with Gasteiger partial charge in [-0.25, -0.2) is 0 Å². The third-order valence-electron chi connectivity index (χ3n) is 2.66. The number of hydrogen-bond donors (Lipinski definition) is 1. The fourth-order valence-corrected chi connectivity index (χ4v) is 2.51. The highest BCUT2D eigenvalue weighted by molar-refractivity contribution is 7.09. The van der Waals surface area contributed by atoms with E-state index >= 15 is 0 Å². The number of aryl methyl sites for hydroxylation is 2. The van der Waals surface area contributed by atoms with Gasteiger partial charge in [-0.2, -0.15) is 5.10 Å². The van der Waals surface area contributed by atoms with E-state index in [2.05, 4.69) is 21.6 Å². The average Bonchev–Trinajstić information content (AvgIpc) is 2.85. The number of rotatable bonds is 4. The summed E-state index contributed by atoms with van der Waals surface area (Å²) in [5.74, 6) is 0. The lowest BCUT2D eigenvalue weighted by Gasteiger charge is -2.14. The average molecular weight is 236 g/mol. The fourth-order valence-electron chi connectivity index (χ4n) is 1.87. The van der Waals surface area contributed by atoms with Gasteiger partial charge in [-0.1, -0.05) is 0 Å². The summed E-state index contributed by atoms with van der Waals surface area (Å²) in [6.45, 7) is 2.05. The molecule has 0 aromatic carbocycles. The molecule has 5 heteroatoms. The zero-order chi connectivity index (χ0) is 11.5. The van der Waals surface area contributed by atoms with Gasteiger partial charge in [0.05, 0.1) is 11.2 Å². The van der Waals surface area contributed by atoms with E-state index in [1.807, 2.05) is 37.4 Å². The van der Waals surface area contributed by atoms with Crippen LogP contribution in [0, 0.1) is 6.92 Å². The summed E-state index contributed by atoms with van der Waals surface area (Å²) in [6.07, 6.45) is 4.98. The maximum Gasteiger partial charge on any atom is 0.0794 e. The summed E-state index contributed by atoms with van der Waals surface area (Å²) in [4.78, 5) is 5.39. The van der Waals surface area contributed by atoms with Crippen LogP contribution in [0.5, 0.6) is 0 Å². The standard InChI is InChI=1S/C11H16N4S/c1-8-10(6-15(3)14-8)11(12-2)4-9-5-13-7-16-9/h5-7,11-12H,4H2,1-3H3. The Morgan fingerprint density at radius 2 is 2.38 bits per heavy atom. The highest BCUT2D eigenvalue weighted by Crippen LogP contribution is 2.22. The predicted octanol–water partition coefficient (Wildman–Crippen LogP) is 1.69. The SMILES string of the molecule is CNC(Cc1cncs1)c1cn(C)nc1C. The molecule has 4 nitrogen and oxygen atoms in total. The van der Waals surface area contributed by atoms with Gasteiger partial charge >= 0.3 is 0 Å². The molecule has 0 radical (unpaired) electrons. The van der Waals surface area contributed by atoms with Crippen LogP contribution in [-0.2, 0) is 13.5 Å². The second-order valence-electron chi connectivity index (χ2n) is 3.86. The molecule has 1 unspecified atom stereocenters. The second-order valence-corrected chi connectivity index (χ2v) is 4.83. The van der Waals surface area contributed by atoms with Crippen LogP contribution in [0.3, 0.4) is 0 Å². The van der Waals surface area contributed by atoms with Crippen molar-refractivity contribution in [3.8, 4) is 0 Å². The number of nitrogens with one attached hydrogen (secondary N) is 1. The van der Waals surface area contributed by atoms with Crippen LogP contribution in [0.1, 0.15) is 22.2 Å². The summed E-state index contributed by atoms with van der Waals surface area (Å²) in [5.41, 5.74) is 4.22. The van der Waals surface area contributed by atoms with E-state index in [0.29, 0.717) is 6.04 Å². The molecule has 0 spiro atoms. The molecule has 0 saturated heterocycles. The number of aromatic nitrogens is 3. The van der Waals surface area contributed by atoms with Crippen molar-refractivity contribution in [1.82, 2.24) is 20.1 Å². The Morgan fingerprint density at radius 1 is 1.56 bits per heavy atom. The Kier molecular flexibility index (Phi) is 3.36. The molecule has 0 bridgehead atoms. The Bertz CT molecular complexity index is 447. The zero-order valence-corrected chi connectivity index (χ0v) is 10.6. The predicted molar refractivity (Wildman–Crippen MR) is 65.6 cm³/mol. The molecule has 1 N–H and O–H groups in total. The maximum absolute atomic E-state index is 4.37. The molecule has 0 fully saturated rings. The summed E-state index contributed by atoms with van der Waals surface area (Å²) in [7, 11) is 3.94. The lowest BCUT2D eigenvalue weighted by Crippen LogP contribution is -2.18. The summed E-state index contributed by atoms with van der Waals surface area (Å²) in [6, 6.07) is 0.314. The van der Waals surface area contributed by atoms with Crippen molar-refractivity contribution in [2.75, 3.05) is 7.05 Å². The first-order chi connectivity index (χ1) is 7.70. The van der Waals surface area contributed by atoms with Gasteiger partial charge in [-0.05, 0) is 14.0 Å². The molecular formula is C11H16N4S. The molecule has 2 rings (SSSR count). The van der Waals surface area contributed by atoms with Crippen LogP contribution in [0.25, 0.3) is 0 Å². The van der Waals surface area contributed by atoms with E-state index in [-0.39, 0.29) is 0 Å². The first-order valence-electron chi connectivity index (χ1n) is 5.25. The molecule has 2 heterocycles. The largest absolute Gasteiger partial charge is 0.313 e. The van der Waals surface area contributed by atoms with Crippen LogP contribution in [0.15, 0.2) is 17.9 Å². The topological polar surface area (TPSA) is 42.7 Å². The normalized spacial score (nSPS) is 12.9. The van der Waals surface area contributed by atoms with E-state index in [1.165, 1.54) is 10.4 Å². The first-order valence-corrected chi connectivity index (χ1v) is 6.13. The highest BCUT2D eigenvalue weighted by atomic mass is 32.1. The Hall–Kier alpha value is -1.20. The summed E-state index contributed by atoms with van der Waals surface area (Å²) in [5, 5.41) is 7.71. The minimum absolute atomic E-state index is 0.314. The Morgan fingerprint density at radius 3 is 2.88 bits per heavy atom. The van der Waals surface area contributed by atoms with Gasteiger partial charge in [0.2, 0.25) is 0 Å². The van der Waals surface area contributed by atoms with E-state index in [0.717, 1.165) is 12.1 Å². The van der Waals surface area contributed by atoms with Gasteiger partial charge in [0, 0.05) is 42.3 Å². The fraction of sp³-hybridized carbons (Fsp3) is 0.455. The molecule has 0 aliphatic heterocycles. The molecule has 2 aromatic rings. The smallest absolute Gasteiger partial charge is 0.0794 e. The van der Waals surface area contributed by atoms with E-state index in [9.17, 15) is 0 Å². The van der Waals surface area contributed by atoms with Crippen molar-refractivity contribution < 1.29 is 0 Å². The second kappa shape index (κ2) is 4.76. The van der Waals surface area contributed by atoms with Crippen LogP contribution in [-0.4, -0.2) is 21.8 Å². The van der Waals surface area contributed by atoms with Crippen molar-refractivity contribution in [1.29, 1.82) is 0 Å². The molecule has 1 atom stereocenters. The van der Waals surface area contributed by atoms with E-state index in [4.69, 9.17) is 0 Å². The van der Waals surface area contributed by atoms with Gasteiger partial charge in [-0.15, -0.1) is 11.3 Å². The first kappa shape index (κ1) is 11.3. The minimum Gasteiger partial charge on any atom is -0.313 e. The summed E-state index contributed by atoms with van der Waals surface area (Å²) < 4.78 is 1.86. The molecule has 16 heavy (non-hydrogen) atoms. The molecule has 2 aromatic heterocycles. The minimum atomic E-state index is 0.314. The molecule has 0 amide bonds. The molecule has 0 saturated carbocycles. The highest BCUT2D eigenvalue weighted by Gasteiger charge is 2.15. The van der Waals surface area contributed by atoms with E-state index in [1.54, 1.807) is 11.3 Å². The zero-order valence-electron chi connectivity index (χ0n) is 9.77. The van der Waals surface area contributed by atoms with Crippen LogP contribution in [0.4, 0.5) is 0 Å². The van der Waals surface area contributed by atoms with Crippen LogP contribution >= 0.6 is 11.3 Å². The monoisotopic (exact) mass is 236 g/mol. The Balaban J connectivity index is 2.19. The number of nitrogens with zero attached hydrogens (tertiary/aromatic N) is 3. The molecule has 0 aliphatic carbocycles. The third-order valence-corrected chi connectivity index (χ3v) is 3.47. The molecular weight excluding hydrogens is 220 g/mol. The lowest BCUT2D eigenvalue weighted by molar-refractivity contribution is 0.592. The van der Waals surface area contributed by atoms with Gasteiger partial charge in [-0.3, -0.25) is 9.67 Å². The third kappa shape index (κ3) is 2.31. The summed E-state index contributed by atoms with van der Waals surface area (Å²) >= 11 is 1.70. The number of likely N-dealkylation sites (N-methyl/N-ethyl adjacent to an activating group) is 1. The van der Waals surface area contributed by atoms with Crippen molar-refractivity contribution in [3.05, 3.63) is 34.0 Å². The van der Waals surface area contributed by atoms with Gasteiger partial charge in [0.1, 0.15) is 0 Å². The quantitative estimate of drug-likeness (QED) is 0.878. The van der Waals surface area contributed by atoms with Crippen molar-refractivity contribution >= 4 is 11.3 Å². The van der Waals surface area contributed by atoms with Gasteiger partial charge < -0.3 is 5.32 Å². The van der Waals surface area contributed by atoms with Gasteiger partial charge in [0.25, 0.3) is 0 Å². The Labute approximate surface area is 99.3 Å². The number of hydrogen-bond acceptors (Lipinski definition) is 4. The van der Waals surface area contributed by atoms with Gasteiger partial charge in [0.15, 0.2) is 0 Å². The van der Waals surface area contributed by atoms with Crippen molar-refractivity contribution in [3.63, 3.8) is 0 Å². The maximum atomic E-state index is 4.37. The lowest BCUT2D eigenvalue weighted by atomic mass is 10.0. The molecule has 0 aliphatic rings. The van der Waals surface area contributed by atoms with E-state index < -0.39 is 0 Å².